The van der Waals surface area contributed by atoms with Gasteiger partial charge in [0.15, 0.2) is 11.6 Å². The summed E-state index contributed by atoms with van der Waals surface area (Å²) < 4.78 is 6.28. The zero-order chi connectivity index (χ0) is 20.8. The molecule has 0 N–H and O–H groups in total. The molecule has 3 aliphatic rings. The molecule has 4 nitrogen and oxygen atoms in total. The number of hydrogen-bond acceptors (Lipinski definition) is 4. The van der Waals surface area contributed by atoms with Crippen molar-refractivity contribution in [2.45, 2.75) is 59.2 Å². The van der Waals surface area contributed by atoms with Gasteiger partial charge < -0.3 is 4.74 Å². The maximum absolute atomic E-state index is 13.3. The number of nitriles is 1. The van der Waals surface area contributed by atoms with Crippen molar-refractivity contribution in [3.05, 3.63) is 47.5 Å². The number of allylic oxidation sites excluding steroid dienone is 2. The van der Waals surface area contributed by atoms with Crippen molar-refractivity contribution < 1.29 is 14.3 Å². The van der Waals surface area contributed by atoms with Crippen LogP contribution >= 0.6 is 0 Å². The van der Waals surface area contributed by atoms with E-state index in [2.05, 4.69) is 32.0 Å². The molecule has 1 aromatic rings. The Labute approximate surface area is 172 Å². The maximum Gasteiger partial charge on any atom is 0.157 e. The molecule has 1 aromatic carbocycles. The summed E-state index contributed by atoms with van der Waals surface area (Å²) in [4.78, 5) is 25.7. The van der Waals surface area contributed by atoms with Crippen LogP contribution in [0, 0.1) is 39.9 Å². The van der Waals surface area contributed by atoms with E-state index >= 15 is 0 Å². The molecule has 152 valence electrons. The topological polar surface area (TPSA) is 67.2 Å². The number of ketones is 2. The van der Waals surface area contributed by atoms with Gasteiger partial charge in [0.2, 0.25) is 0 Å². The van der Waals surface area contributed by atoms with Crippen molar-refractivity contribution >= 4 is 11.6 Å². The molecule has 0 spiro atoms. The average Bonchev–Trinajstić information content (AvgIpc) is 2.70. The lowest BCUT2D eigenvalue weighted by Gasteiger charge is -2.57. The second-order valence-electron chi connectivity index (χ2n) is 9.43. The summed E-state index contributed by atoms with van der Waals surface area (Å²) in [5.74, 6) is 0.0572. The van der Waals surface area contributed by atoms with Crippen LogP contribution < -0.4 is 0 Å². The van der Waals surface area contributed by atoms with Crippen molar-refractivity contribution in [1.29, 1.82) is 5.26 Å². The molecule has 0 saturated heterocycles. The lowest BCUT2D eigenvalue weighted by molar-refractivity contribution is -0.142. The fourth-order valence-corrected chi connectivity index (χ4v) is 6.18. The van der Waals surface area contributed by atoms with Crippen LogP contribution in [0.4, 0.5) is 0 Å². The highest BCUT2D eigenvalue weighted by molar-refractivity contribution is 6.00. The number of Topliss-reactive ketones (excluding diaryl/α,β-unsaturated/α-hetero) is 1. The Morgan fingerprint density at radius 1 is 1.17 bits per heavy atom. The number of carbonyl (C=O) groups is 2. The van der Waals surface area contributed by atoms with E-state index in [1.165, 1.54) is 0 Å². The highest BCUT2D eigenvalue weighted by atomic mass is 16.5. The second-order valence-corrected chi connectivity index (χ2v) is 9.43. The molecule has 3 aliphatic carbocycles. The van der Waals surface area contributed by atoms with Gasteiger partial charge in [0, 0.05) is 12.8 Å². The molecule has 0 bridgehead atoms. The van der Waals surface area contributed by atoms with Gasteiger partial charge in [0.1, 0.15) is 5.41 Å². The van der Waals surface area contributed by atoms with Crippen LogP contribution in [0.1, 0.15) is 52.0 Å². The van der Waals surface area contributed by atoms with Crippen LogP contribution in [0.3, 0.4) is 0 Å². The van der Waals surface area contributed by atoms with E-state index in [0.29, 0.717) is 13.0 Å². The Balaban J connectivity index is 1.62. The van der Waals surface area contributed by atoms with Gasteiger partial charge in [-0.3, -0.25) is 9.59 Å². The van der Waals surface area contributed by atoms with Gasteiger partial charge in [-0.1, -0.05) is 51.1 Å². The molecular weight excluding hydrogens is 362 g/mol. The van der Waals surface area contributed by atoms with Crippen LogP contribution in [0.25, 0.3) is 0 Å². The molecule has 0 unspecified atom stereocenters. The van der Waals surface area contributed by atoms with Gasteiger partial charge in [-0.15, -0.1) is 0 Å². The summed E-state index contributed by atoms with van der Waals surface area (Å²) in [6.45, 7) is 6.78. The molecule has 0 aliphatic heterocycles. The van der Waals surface area contributed by atoms with Gasteiger partial charge in [-0.25, -0.2) is 0 Å². The minimum atomic E-state index is -1.13. The fourth-order valence-electron chi connectivity index (χ4n) is 6.18. The van der Waals surface area contributed by atoms with Crippen molar-refractivity contribution in [3.63, 3.8) is 0 Å². The molecule has 0 radical (unpaired) electrons. The SMILES string of the molecule is C[C@@H]1[C@@H](OCc2ccccc2)CC[C@]2(C)C3=CC(=O)C[C@H](C)[C@]3(C#N)C(=O)C[C@@H]12. The molecule has 0 heterocycles. The number of rotatable bonds is 3. The number of ether oxygens (including phenoxy) is 1. The Morgan fingerprint density at radius 2 is 1.90 bits per heavy atom. The summed E-state index contributed by atoms with van der Waals surface area (Å²) in [5.41, 5.74) is 0.493. The number of carbonyl (C=O) groups excluding carboxylic acids is 2. The average molecular weight is 392 g/mol. The lowest BCUT2D eigenvalue weighted by atomic mass is 9.44. The third kappa shape index (κ3) is 2.99. The molecule has 29 heavy (non-hydrogen) atoms. The molecular formula is C25H29NO3. The van der Waals surface area contributed by atoms with Gasteiger partial charge in [0.25, 0.3) is 0 Å². The van der Waals surface area contributed by atoms with Crippen LogP contribution in [0.15, 0.2) is 42.0 Å². The molecule has 0 amide bonds. The van der Waals surface area contributed by atoms with E-state index < -0.39 is 5.41 Å². The zero-order valence-corrected chi connectivity index (χ0v) is 17.5. The van der Waals surface area contributed by atoms with Crippen molar-refractivity contribution in [3.8, 4) is 6.07 Å². The highest BCUT2D eigenvalue weighted by Crippen LogP contribution is 2.63. The second kappa shape index (κ2) is 7.22. The first-order chi connectivity index (χ1) is 13.8. The summed E-state index contributed by atoms with van der Waals surface area (Å²) >= 11 is 0. The van der Waals surface area contributed by atoms with Gasteiger partial charge in [-0.2, -0.15) is 5.26 Å². The quantitative estimate of drug-likeness (QED) is 0.753. The highest BCUT2D eigenvalue weighted by Gasteiger charge is 2.63. The molecule has 0 aromatic heterocycles. The van der Waals surface area contributed by atoms with Crippen LogP contribution in [0.2, 0.25) is 0 Å². The normalized spacial score (nSPS) is 39.2. The Bertz CT molecular complexity index is 898. The van der Waals surface area contributed by atoms with Crippen molar-refractivity contribution in [1.82, 2.24) is 0 Å². The predicted octanol–water partition coefficient (Wildman–Crippen LogP) is 4.64. The fraction of sp³-hybridized carbons (Fsp3) is 0.560. The third-order valence-electron chi connectivity index (χ3n) is 7.91. The smallest absolute Gasteiger partial charge is 0.157 e. The van der Waals surface area contributed by atoms with Crippen LogP contribution in [-0.4, -0.2) is 17.7 Å². The predicted molar refractivity (Wildman–Crippen MR) is 110 cm³/mol. The van der Waals surface area contributed by atoms with E-state index in [4.69, 9.17) is 4.74 Å². The zero-order valence-electron chi connectivity index (χ0n) is 17.5. The van der Waals surface area contributed by atoms with E-state index in [9.17, 15) is 14.9 Å². The van der Waals surface area contributed by atoms with E-state index in [1.54, 1.807) is 6.08 Å². The summed E-state index contributed by atoms with van der Waals surface area (Å²) in [6.07, 6.45) is 4.10. The van der Waals surface area contributed by atoms with Gasteiger partial charge in [0.05, 0.1) is 18.8 Å². The van der Waals surface area contributed by atoms with E-state index in [-0.39, 0.29) is 47.3 Å². The minimum absolute atomic E-state index is 0.00992. The van der Waals surface area contributed by atoms with Gasteiger partial charge in [-0.05, 0) is 53.2 Å². The Morgan fingerprint density at radius 3 is 2.59 bits per heavy atom. The summed E-state index contributed by atoms with van der Waals surface area (Å²) in [6, 6.07) is 12.5. The number of benzene rings is 1. The number of hydrogen-bond donors (Lipinski definition) is 0. The van der Waals surface area contributed by atoms with E-state index in [1.807, 2.05) is 25.1 Å². The Kier molecular flexibility index (Phi) is 4.99. The molecule has 6 atom stereocenters. The third-order valence-corrected chi connectivity index (χ3v) is 7.91. The van der Waals surface area contributed by atoms with Crippen LogP contribution in [0.5, 0.6) is 0 Å². The molecule has 4 heteroatoms. The first kappa shape index (κ1) is 20.0. The minimum Gasteiger partial charge on any atom is -0.373 e. The van der Waals surface area contributed by atoms with Crippen molar-refractivity contribution in [2.24, 2.45) is 28.6 Å². The lowest BCUT2D eigenvalue weighted by Crippen LogP contribution is -2.58. The first-order valence-corrected chi connectivity index (χ1v) is 10.7. The molecule has 4 rings (SSSR count). The first-order valence-electron chi connectivity index (χ1n) is 10.7. The van der Waals surface area contributed by atoms with Gasteiger partial charge >= 0.3 is 0 Å². The maximum atomic E-state index is 13.3. The van der Waals surface area contributed by atoms with E-state index in [0.717, 1.165) is 24.0 Å². The Hall–Kier alpha value is -2.25. The molecule has 2 saturated carbocycles. The van der Waals surface area contributed by atoms with Crippen molar-refractivity contribution in [2.75, 3.05) is 0 Å². The molecule has 2 fully saturated rings. The largest absolute Gasteiger partial charge is 0.373 e. The van der Waals surface area contributed by atoms with Crippen LogP contribution in [-0.2, 0) is 20.9 Å². The summed E-state index contributed by atoms with van der Waals surface area (Å²) in [7, 11) is 0. The number of nitrogens with zero attached hydrogens (tertiary/aromatic N) is 1. The number of fused-ring (bicyclic) bond motifs is 3. The standard InChI is InChI=1S/C25H29NO3/c1-16-11-19(27)12-22-24(3)10-9-21(29-14-18-7-5-4-6-8-18)17(2)20(24)13-23(28)25(16,22)15-26/h4-8,12,16-17,20-21H,9-11,13-14H2,1-3H3/t16-,17-,20-,21-,24-,25-/m0/s1. The summed E-state index contributed by atoms with van der Waals surface area (Å²) in [5, 5.41) is 10.1. The monoisotopic (exact) mass is 391 g/mol.